The van der Waals surface area contributed by atoms with E-state index in [1.54, 1.807) is 6.08 Å². The van der Waals surface area contributed by atoms with E-state index in [0.29, 0.717) is 0 Å². The van der Waals surface area contributed by atoms with Crippen LogP contribution in [0.15, 0.2) is 24.3 Å². The van der Waals surface area contributed by atoms with Gasteiger partial charge >= 0.3 is 0 Å². The lowest BCUT2D eigenvalue weighted by Gasteiger charge is -2.03. The summed E-state index contributed by atoms with van der Waals surface area (Å²) in [6.45, 7) is 4.25. The molecule has 1 N–H and O–H groups in total. The molecule has 0 fully saturated rings. The first-order valence-corrected chi connectivity index (χ1v) is 4.09. The van der Waals surface area contributed by atoms with Crippen molar-refractivity contribution in [2.75, 3.05) is 6.61 Å². The minimum Gasteiger partial charge on any atom is -0.392 e. The van der Waals surface area contributed by atoms with E-state index in [2.05, 4.69) is 26.0 Å². The molecule has 0 bridgehead atoms. The Bertz CT molecular complexity index is 267. The lowest BCUT2D eigenvalue weighted by molar-refractivity contribution is 0.343. The number of hydrogen-bond acceptors (Lipinski definition) is 1. The van der Waals surface area contributed by atoms with Gasteiger partial charge < -0.3 is 5.11 Å². The second-order valence-corrected chi connectivity index (χ2v) is 2.89. The lowest BCUT2D eigenvalue weighted by Crippen LogP contribution is -1.85. The number of rotatable bonds is 2. The Kier molecular flexibility index (Phi) is 3.06. The van der Waals surface area contributed by atoms with Crippen LogP contribution >= 0.6 is 0 Å². The molecule has 0 saturated carbocycles. The van der Waals surface area contributed by atoms with Gasteiger partial charge in [-0.25, -0.2) is 0 Å². The molecule has 1 nitrogen and oxygen atoms in total. The molecule has 1 aromatic carbocycles. The summed E-state index contributed by atoms with van der Waals surface area (Å²) >= 11 is 0. The second-order valence-electron chi connectivity index (χ2n) is 2.89. The Morgan fingerprint density at radius 3 is 2.33 bits per heavy atom. The van der Waals surface area contributed by atoms with Crippen LogP contribution in [-0.2, 0) is 0 Å². The maximum Gasteiger partial charge on any atom is 0.0615 e. The average Bonchev–Trinajstić information content (AvgIpc) is 2.04. The van der Waals surface area contributed by atoms with Gasteiger partial charge in [0.25, 0.3) is 0 Å². The summed E-state index contributed by atoms with van der Waals surface area (Å²) in [7, 11) is 0. The zero-order valence-electron chi connectivity index (χ0n) is 7.54. The van der Waals surface area contributed by atoms with Gasteiger partial charge in [0.15, 0.2) is 0 Å². The molecule has 1 rings (SSSR count). The number of aliphatic hydroxyl groups excluding tert-OH is 1. The molecule has 0 aliphatic heterocycles. The fourth-order valence-corrected chi connectivity index (χ4v) is 1.26. The van der Waals surface area contributed by atoms with E-state index in [9.17, 15) is 0 Å². The number of benzene rings is 1. The Morgan fingerprint density at radius 1 is 1.25 bits per heavy atom. The van der Waals surface area contributed by atoms with Crippen LogP contribution < -0.4 is 0 Å². The first-order chi connectivity index (χ1) is 5.75. The zero-order chi connectivity index (χ0) is 8.97. The Labute approximate surface area is 73.4 Å². The van der Waals surface area contributed by atoms with Gasteiger partial charge in [0.2, 0.25) is 0 Å². The maximum atomic E-state index is 8.62. The predicted octanol–water partition coefficient (Wildman–Crippen LogP) is 2.31. The highest BCUT2D eigenvalue weighted by Gasteiger charge is 1.95. The van der Waals surface area contributed by atoms with Crippen LogP contribution in [0.25, 0.3) is 6.08 Å². The molecule has 0 aromatic heterocycles. The summed E-state index contributed by atoms with van der Waals surface area (Å²) < 4.78 is 0. The molecule has 0 radical (unpaired) electrons. The van der Waals surface area contributed by atoms with E-state index < -0.39 is 0 Å². The molecule has 0 heterocycles. The molecule has 0 amide bonds. The highest BCUT2D eigenvalue weighted by molar-refractivity contribution is 5.57. The third kappa shape index (κ3) is 1.95. The smallest absolute Gasteiger partial charge is 0.0615 e. The van der Waals surface area contributed by atoms with Crippen molar-refractivity contribution in [2.45, 2.75) is 13.8 Å². The zero-order valence-corrected chi connectivity index (χ0v) is 7.54. The van der Waals surface area contributed by atoms with Crippen molar-refractivity contribution < 1.29 is 5.11 Å². The van der Waals surface area contributed by atoms with E-state index in [1.165, 1.54) is 16.7 Å². The van der Waals surface area contributed by atoms with Gasteiger partial charge in [0.1, 0.15) is 0 Å². The van der Waals surface area contributed by atoms with E-state index in [4.69, 9.17) is 5.11 Å². The van der Waals surface area contributed by atoms with Crippen molar-refractivity contribution in [3.63, 3.8) is 0 Å². The first-order valence-electron chi connectivity index (χ1n) is 4.09. The van der Waals surface area contributed by atoms with Crippen molar-refractivity contribution >= 4 is 6.08 Å². The molecule has 0 spiro atoms. The second kappa shape index (κ2) is 4.07. The fraction of sp³-hybridized carbons (Fsp3) is 0.273. The van der Waals surface area contributed by atoms with Crippen molar-refractivity contribution in [2.24, 2.45) is 0 Å². The normalized spacial score (nSPS) is 10.9. The highest BCUT2D eigenvalue weighted by atomic mass is 16.2. The van der Waals surface area contributed by atoms with Crippen LogP contribution in [0.2, 0.25) is 0 Å². The highest BCUT2D eigenvalue weighted by Crippen LogP contribution is 2.14. The van der Waals surface area contributed by atoms with E-state index in [1.807, 2.05) is 12.1 Å². The van der Waals surface area contributed by atoms with Crippen LogP contribution in [0.4, 0.5) is 0 Å². The molecule has 0 atom stereocenters. The van der Waals surface area contributed by atoms with Gasteiger partial charge in [0.05, 0.1) is 6.61 Å². The molecule has 0 aliphatic rings. The third-order valence-electron chi connectivity index (χ3n) is 1.93. The van der Waals surface area contributed by atoms with Gasteiger partial charge in [-0.15, -0.1) is 0 Å². The predicted molar refractivity (Wildman–Crippen MR) is 52.0 cm³/mol. The number of hydrogen-bond donors (Lipinski definition) is 1. The molecule has 64 valence electrons. The lowest BCUT2D eigenvalue weighted by atomic mass is 10.0. The maximum absolute atomic E-state index is 8.62. The summed E-state index contributed by atoms with van der Waals surface area (Å²) in [5.74, 6) is 0. The Morgan fingerprint density at radius 2 is 1.83 bits per heavy atom. The average molecular weight is 162 g/mol. The molecular weight excluding hydrogens is 148 g/mol. The van der Waals surface area contributed by atoms with E-state index >= 15 is 0 Å². The van der Waals surface area contributed by atoms with Crippen molar-refractivity contribution in [3.8, 4) is 0 Å². The Hall–Kier alpha value is -1.08. The van der Waals surface area contributed by atoms with Gasteiger partial charge in [-0.3, -0.25) is 0 Å². The minimum atomic E-state index is 0.105. The van der Waals surface area contributed by atoms with Gasteiger partial charge in [0, 0.05) is 0 Å². The minimum absolute atomic E-state index is 0.105. The monoisotopic (exact) mass is 162 g/mol. The van der Waals surface area contributed by atoms with Gasteiger partial charge in [-0.05, 0) is 30.5 Å². The van der Waals surface area contributed by atoms with E-state index in [0.717, 1.165) is 0 Å². The Balaban J connectivity index is 3.04. The fourth-order valence-electron chi connectivity index (χ4n) is 1.26. The van der Waals surface area contributed by atoms with Crippen molar-refractivity contribution in [3.05, 3.63) is 41.0 Å². The van der Waals surface area contributed by atoms with Crippen LogP contribution in [-0.4, -0.2) is 11.7 Å². The summed E-state index contributed by atoms with van der Waals surface area (Å²) in [6.07, 6.45) is 3.72. The molecule has 0 unspecified atom stereocenters. The molecule has 1 aromatic rings. The standard InChI is InChI=1S/C11H14O/c1-9-5-3-6-10(2)11(9)7-4-8-12/h3-7,12H,8H2,1-2H3/b7-4+. The van der Waals surface area contributed by atoms with Crippen LogP contribution in [0, 0.1) is 13.8 Å². The molecular formula is C11H14O. The van der Waals surface area contributed by atoms with Crippen LogP contribution in [0.3, 0.4) is 0 Å². The first kappa shape index (κ1) is 9.01. The van der Waals surface area contributed by atoms with Crippen LogP contribution in [0.5, 0.6) is 0 Å². The molecule has 12 heavy (non-hydrogen) atoms. The summed E-state index contributed by atoms with van der Waals surface area (Å²) in [6, 6.07) is 6.19. The summed E-state index contributed by atoms with van der Waals surface area (Å²) in [4.78, 5) is 0. The largest absolute Gasteiger partial charge is 0.392 e. The number of aliphatic hydroxyl groups is 1. The van der Waals surface area contributed by atoms with Crippen LogP contribution in [0.1, 0.15) is 16.7 Å². The third-order valence-corrected chi connectivity index (χ3v) is 1.93. The summed E-state index contributed by atoms with van der Waals surface area (Å²) in [5.41, 5.74) is 3.71. The molecule has 1 heteroatoms. The SMILES string of the molecule is Cc1cccc(C)c1/C=C/CO. The quantitative estimate of drug-likeness (QED) is 0.707. The van der Waals surface area contributed by atoms with Crippen molar-refractivity contribution in [1.29, 1.82) is 0 Å². The number of aryl methyl sites for hydroxylation is 2. The topological polar surface area (TPSA) is 20.2 Å². The molecule has 0 saturated heterocycles. The van der Waals surface area contributed by atoms with E-state index in [-0.39, 0.29) is 6.61 Å². The molecule has 0 aliphatic carbocycles. The van der Waals surface area contributed by atoms with Gasteiger partial charge in [-0.1, -0.05) is 30.4 Å². The summed E-state index contributed by atoms with van der Waals surface area (Å²) in [5, 5.41) is 8.62. The van der Waals surface area contributed by atoms with Crippen molar-refractivity contribution in [1.82, 2.24) is 0 Å². The van der Waals surface area contributed by atoms with Gasteiger partial charge in [-0.2, -0.15) is 0 Å².